The summed E-state index contributed by atoms with van der Waals surface area (Å²) < 4.78 is 0. The lowest BCUT2D eigenvalue weighted by Gasteiger charge is -2.41. The second-order valence-corrected chi connectivity index (χ2v) is 8.13. The standard InChI is InChI=1S/C24H28N2O2/c27-23(16-18-6-2-1-3-7-18)25-22-12-10-20(11-13-22)24(28)26-15-14-19-8-4-5-9-21(19)17-26/h1-3,6-7,10-13,19,21H,4-5,8-9,14-17H2,(H,25,27)/t19-,21+/m1/s1. The SMILES string of the molecule is O=C(Cc1ccccc1)Nc1ccc(C(=O)N2CC[C@H]3CCCC[C@H]3C2)cc1. The zero-order valence-electron chi connectivity index (χ0n) is 16.3. The molecule has 1 heterocycles. The predicted octanol–water partition coefficient (Wildman–Crippen LogP) is 4.52. The number of amides is 2. The van der Waals surface area contributed by atoms with Crippen molar-refractivity contribution in [2.75, 3.05) is 18.4 Å². The molecule has 4 heteroatoms. The van der Waals surface area contributed by atoms with Crippen LogP contribution in [-0.2, 0) is 11.2 Å². The lowest BCUT2D eigenvalue weighted by molar-refractivity contribution is -0.115. The average Bonchev–Trinajstić information content (AvgIpc) is 2.74. The zero-order chi connectivity index (χ0) is 19.3. The van der Waals surface area contributed by atoms with E-state index in [0.717, 1.165) is 36.7 Å². The van der Waals surface area contributed by atoms with Crippen molar-refractivity contribution < 1.29 is 9.59 Å². The Morgan fingerprint density at radius 3 is 2.36 bits per heavy atom. The van der Waals surface area contributed by atoms with Gasteiger partial charge in [0.25, 0.3) is 5.91 Å². The molecule has 28 heavy (non-hydrogen) atoms. The van der Waals surface area contributed by atoms with Crippen molar-refractivity contribution in [2.45, 2.75) is 38.5 Å². The van der Waals surface area contributed by atoms with Crippen molar-refractivity contribution in [3.05, 3.63) is 65.7 Å². The van der Waals surface area contributed by atoms with Gasteiger partial charge in [0.1, 0.15) is 0 Å². The van der Waals surface area contributed by atoms with Crippen molar-refractivity contribution in [2.24, 2.45) is 11.8 Å². The molecule has 0 radical (unpaired) electrons. The third-order valence-corrected chi connectivity index (χ3v) is 6.20. The molecule has 0 spiro atoms. The normalized spacial score (nSPS) is 21.6. The lowest BCUT2D eigenvalue weighted by atomic mass is 9.75. The van der Waals surface area contributed by atoms with E-state index in [0.29, 0.717) is 17.9 Å². The van der Waals surface area contributed by atoms with E-state index < -0.39 is 0 Å². The largest absolute Gasteiger partial charge is 0.338 e. The van der Waals surface area contributed by atoms with E-state index >= 15 is 0 Å². The summed E-state index contributed by atoms with van der Waals surface area (Å²) in [7, 11) is 0. The number of likely N-dealkylation sites (tertiary alicyclic amines) is 1. The Morgan fingerprint density at radius 1 is 0.893 bits per heavy atom. The molecular weight excluding hydrogens is 348 g/mol. The maximum Gasteiger partial charge on any atom is 0.253 e. The van der Waals surface area contributed by atoms with Crippen LogP contribution in [0.4, 0.5) is 5.69 Å². The van der Waals surface area contributed by atoms with Gasteiger partial charge in [-0.3, -0.25) is 9.59 Å². The van der Waals surface area contributed by atoms with Crippen LogP contribution in [0.5, 0.6) is 0 Å². The first-order chi connectivity index (χ1) is 13.7. The molecule has 4 rings (SSSR count). The molecule has 1 saturated carbocycles. The molecule has 0 bridgehead atoms. The number of carbonyl (C=O) groups excluding carboxylic acids is 2. The van der Waals surface area contributed by atoms with Crippen LogP contribution in [0.25, 0.3) is 0 Å². The summed E-state index contributed by atoms with van der Waals surface area (Å²) >= 11 is 0. The van der Waals surface area contributed by atoms with Gasteiger partial charge in [0.05, 0.1) is 6.42 Å². The van der Waals surface area contributed by atoms with E-state index in [1.807, 2.05) is 59.5 Å². The molecule has 1 saturated heterocycles. The van der Waals surface area contributed by atoms with E-state index in [1.54, 1.807) is 0 Å². The average molecular weight is 377 g/mol. The number of nitrogens with one attached hydrogen (secondary N) is 1. The highest BCUT2D eigenvalue weighted by Crippen LogP contribution is 2.36. The zero-order valence-corrected chi connectivity index (χ0v) is 16.3. The minimum Gasteiger partial charge on any atom is -0.338 e. The van der Waals surface area contributed by atoms with Gasteiger partial charge in [0, 0.05) is 24.3 Å². The fourth-order valence-electron chi connectivity index (χ4n) is 4.65. The number of benzene rings is 2. The van der Waals surface area contributed by atoms with Crippen molar-refractivity contribution in [1.82, 2.24) is 4.90 Å². The number of fused-ring (bicyclic) bond motifs is 1. The predicted molar refractivity (Wildman–Crippen MR) is 111 cm³/mol. The maximum atomic E-state index is 12.9. The van der Waals surface area contributed by atoms with Gasteiger partial charge in [0.15, 0.2) is 0 Å². The summed E-state index contributed by atoms with van der Waals surface area (Å²) in [5.74, 6) is 1.57. The summed E-state index contributed by atoms with van der Waals surface area (Å²) in [6, 6.07) is 17.0. The molecule has 2 aromatic rings. The van der Waals surface area contributed by atoms with Crippen LogP contribution < -0.4 is 5.32 Å². The number of anilines is 1. The molecule has 1 N–H and O–H groups in total. The summed E-state index contributed by atoms with van der Waals surface area (Å²) in [5.41, 5.74) is 2.41. The highest BCUT2D eigenvalue weighted by molar-refractivity contribution is 5.96. The van der Waals surface area contributed by atoms with Gasteiger partial charge in [-0.05, 0) is 54.5 Å². The summed E-state index contributed by atoms with van der Waals surface area (Å²) in [6.45, 7) is 1.77. The van der Waals surface area contributed by atoms with Crippen LogP contribution in [-0.4, -0.2) is 29.8 Å². The monoisotopic (exact) mass is 376 g/mol. The lowest BCUT2D eigenvalue weighted by Crippen LogP contribution is -2.44. The van der Waals surface area contributed by atoms with Gasteiger partial charge in [0.2, 0.25) is 5.91 Å². The number of nitrogens with zero attached hydrogens (tertiary/aromatic N) is 1. The maximum absolute atomic E-state index is 12.9. The Kier molecular flexibility index (Phi) is 5.75. The third-order valence-electron chi connectivity index (χ3n) is 6.20. The first kappa shape index (κ1) is 18.7. The molecule has 0 aromatic heterocycles. The second kappa shape index (κ2) is 8.59. The number of carbonyl (C=O) groups is 2. The Bertz CT molecular complexity index is 816. The van der Waals surface area contributed by atoms with Crippen LogP contribution in [0.15, 0.2) is 54.6 Å². The third kappa shape index (κ3) is 4.44. The molecule has 2 atom stereocenters. The Hall–Kier alpha value is -2.62. The van der Waals surface area contributed by atoms with Crippen LogP contribution in [0.2, 0.25) is 0 Å². The highest BCUT2D eigenvalue weighted by Gasteiger charge is 2.33. The number of hydrogen-bond acceptors (Lipinski definition) is 2. The van der Waals surface area contributed by atoms with Gasteiger partial charge in [-0.2, -0.15) is 0 Å². The molecule has 2 aliphatic rings. The molecule has 0 unspecified atom stereocenters. The number of rotatable bonds is 4. The van der Waals surface area contributed by atoms with Crippen molar-refractivity contribution in [3.8, 4) is 0 Å². The number of hydrogen-bond donors (Lipinski definition) is 1. The van der Waals surface area contributed by atoms with Gasteiger partial charge < -0.3 is 10.2 Å². The Balaban J connectivity index is 1.33. The minimum atomic E-state index is -0.0513. The fraction of sp³-hybridized carbons (Fsp3) is 0.417. The fourth-order valence-corrected chi connectivity index (χ4v) is 4.65. The molecular formula is C24H28N2O2. The Morgan fingerprint density at radius 2 is 1.61 bits per heavy atom. The van der Waals surface area contributed by atoms with Crippen LogP contribution >= 0.6 is 0 Å². The van der Waals surface area contributed by atoms with Gasteiger partial charge in [-0.25, -0.2) is 0 Å². The van der Waals surface area contributed by atoms with Crippen molar-refractivity contribution in [3.63, 3.8) is 0 Å². The smallest absolute Gasteiger partial charge is 0.253 e. The van der Waals surface area contributed by atoms with E-state index in [9.17, 15) is 9.59 Å². The van der Waals surface area contributed by atoms with E-state index in [4.69, 9.17) is 0 Å². The summed E-state index contributed by atoms with van der Waals surface area (Å²) in [6.07, 6.45) is 6.75. The summed E-state index contributed by atoms with van der Waals surface area (Å²) in [5, 5.41) is 2.91. The van der Waals surface area contributed by atoms with Crippen LogP contribution in [0.1, 0.15) is 48.0 Å². The first-order valence-corrected chi connectivity index (χ1v) is 10.4. The molecule has 146 valence electrons. The molecule has 2 fully saturated rings. The highest BCUT2D eigenvalue weighted by atomic mass is 16.2. The number of piperidine rings is 1. The first-order valence-electron chi connectivity index (χ1n) is 10.4. The minimum absolute atomic E-state index is 0.0513. The second-order valence-electron chi connectivity index (χ2n) is 8.13. The molecule has 4 nitrogen and oxygen atoms in total. The van der Waals surface area contributed by atoms with E-state index in [-0.39, 0.29) is 11.8 Å². The molecule has 2 amide bonds. The topological polar surface area (TPSA) is 49.4 Å². The molecule has 2 aromatic carbocycles. The van der Waals surface area contributed by atoms with Gasteiger partial charge >= 0.3 is 0 Å². The van der Waals surface area contributed by atoms with Gasteiger partial charge in [-0.15, -0.1) is 0 Å². The van der Waals surface area contributed by atoms with Gasteiger partial charge in [-0.1, -0.05) is 49.6 Å². The molecule has 1 aliphatic carbocycles. The van der Waals surface area contributed by atoms with Crippen LogP contribution in [0, 0.1) is 11.8 Å². The van der Waals surface area contributed by atoms with E-state index in [1.165, 1.54) is 25.7 Å². The Labute approximate surface area is 166 Å². The van der Waals surface area contributed by atoms with E-state index in [2.05, 4.69) is 5.32 Å². The summed E-state index contributed by atoms with van der Waals surface area (Å²) in [4.78, 5) is 27.1. The van der Waals surface area contributed by atoms with Crippen molar-refractivity contribution in [1.29, 1.82) is 0 Å². The van der Waals surface area contributed by atoms with Crippen LogP contribution in [0.3, 0.4) is 0 Å². The molecule has 1 aliphatic heterocycles. The van der Waals surface area contributed by atoms with Crippen molar-refractivity contribution >= 4 is 17.5 Å². The quantitative estimate of drug-likeness (QED) is 0.853.